The van der Waals surface area contributed by atoms with Gasteiger partial charge in [-0.1, -0.05) is 12.1 Å². The van der Waals surface area contributed by atoms with Gasteiger partial charge >= 0.3 is 0 Å². The zero-order chi connectivity index (χ0) is 14.0. The Morgan fingerprint density at radius 3 is 2.68 bits per heavy atom. The van der Waals surface area contributed by atoms with Gasteiger partial charge in [-0.15, -0.1) is 0 Å². The Balaban J connectivity index is 2.30. The number of nitrogens with zero attached hydrogens (tertiary/aromatic N) is 2. The monoisotopic (exact) mass is 263 g/mol. The van der Waals surface area contributed by atoms with Gasteiger partial charge in [-0.2, -0.15) is 4.98 Å². The smallest absolute Gasteiger partial charge is 0.231 e. The summed E-state index contributed by atoms with van der Waals surface area (Å²) in [5, 5.41) is 7.13. The fourth-order valence-corrected chi connectivity index (χ4v) is 1.87. The summed E-state index contributed by atoms with van der Waals surface area (Å²) in [5.74, 6) is 0.942. The third-order valence-corrected chi connectivity index (χ3v) is 3.47. The molecule has 1 aromatic heterocycles. The van der Waals surface area contributed by atoms with Gasteiger partial charge in [0.2, 0.25) is 11.7 Å². The zero-order valence-corrected chi connectivity index (χ0v) is 11.6. The first-order valence-electron chi connectivity index (χ1n) is 6.30. The first-order chi connectivity index (χ1) is 9.02. The van der Waals surface area contributed by atoms with Crippen LogP contribution in [0.4, 0.5) is 4.39 Å². The molecule has 0 saturated carbocycles. The van der Waals surface area contributed by atoms with Crippen molar-refractivity contribution in [3.63, 3.8) is 0 Å². The van der Waals surface area contributed by atoms with Crippen molar-refractivity contribution in [2.75, 3.05) is 7.05 Å². The highest BCUT2D eigenvalue weighted by atomic mass is 19.1. The molecule has 1 heterocycles. The maximum absolute atomic E-state index is 13.1. The average molecular weight is 263 g/mol. The second kappa shape index (κ2) is 5.48. The summed E-state index contributed by atoms with van der Waals surface area (Å²) in [6.45, 7) is 5.90. The molecular weight excluding hydrogens is 245 g/mol. The Morgan fingerprint density at radius 1 is 1.32 bits per heavy atom. The SMILES string of the molecule is CNC(C)C(C)c1nc(-c2ccc(F)cc2C)no1. The predicted octanol–water partition coefficient (Wildman–Crippen LogP) is 2.90. The molecule has 0 aliphatic rings. The number of halogens is 1. The Bertz CT molecular complexity index is 568. The molecule has 0 saturated heterocycles. The minimum absolute atomic E-state index is 0.118. The molecule has 0 fully saturated rings. The molecule has 0 aliphatic heterocycles. The van der Waals surface area contributed by atoms with E-state index < -0.39 is 0 Å². The molecule has 0 spiro atoms. The summed E-state index contributed by atoms with van der Waals surface area (Å²) in [5.41, 5.74) is 1.59. The van der Waals surface area contributed by atoms with Crippen molar-refractivity contribution in [2.45, 2.75) is 32.7 Å². The number of aromatic nitrogens is 2. The number of aryl methyl sites for hydroxylation is 1. The summed E-state index contributed by atoms with van der Waals surface area (Å²) in [6.07, 6.45) is 0. The molecule has 2 rings (SSSR count). The van der Waals surface area contributed by atoms with E-state index in [0.29, 0.717) is 11.7 Å². The van der Waals surface area contributed by atoms with E-state index in [4.69, 9.17) is 4.52 Å². The largest absolute Gasteiger partial charge is 0.339 e. The molecule has 4 nitrogen and oxygen atoms in total. The van der Waals surface area contributed by atoms with Gasteiger partial charge in [0, 0.05) is 11.6 Å². The highest BCUT2D eigenvalue weighted by molar-refractivity contribution is 5.59. The number of hydrogen-bond donors (Lipinski definition) is 1. The lowest BCUT2D eigenvalue weighted by atomic mass is 10.0. The van der Waals surface area contributed by atoms with E-state index in [-0.39, 0.29) is 17.8 Å². The van der Waals surface area contributed by atoms with Crippen LogP contribution in [-0.4, -0.2) is 23.2 Å². The number of likely N-dealkylation sites (N-methyl/N-ethyl adjacent to an activating group) is 1. The molecule has 0 amide bonds. The molecule has 2 aromatic rings. The van der Waals surface area contributed by atoms with Crippen LogP contribution < -0.4 is 5.32 Å². The van der Waals surface area contributed by atoms with Crippen LogP contribution in [0.15, 0.2) is 22.7 Å². The molecule has 2 atom stereocenters. The molecule has 0 radical (unpaired) electrons. The van der Waals surface area contributed by atoms with E-state index in [1.807, 2.05) is 20.9 Å². The minimum atomic E-state index is -0.262. The maximum Gasteiger partial charge on any atom is 0.231 e. The number of nitrogens with one attached hydrogen (secondary N) is 1. The van der Waals surface area contributed by atoms with Crippen LogP contribution in [0.5, 0.6) is 0 Å². The van der Waals surface area contributed by atoms with E-state index in [1.165, 1.54) is 12.1 Å². The summed E-state index contributed by atoms with van der Waals surface area (Å²) >= 11 is 0. The Labute approximate surface area is 112 Å². The third-order valence-electron chi connectivity index (χ3n) is 3.47. The lowest BCUT2D eigenvalue weighted by molar-refractivity contribution is 0.336. The van der Waals surface area contributed by atoms with Crippen molar-refractivity contribution in [1.29, 1.82) is 0 Å². The van der Waals surface area contributed by atoms with Gasteiger partial charge in [0.1, 0.15) is 5.82 Å². The van der Waals surface area contributed by atoms with Gasteiger partial charge in [-0.05, 0) is 44.7 Å². The van der Waals surface area contributed by atoms with Gasteiger partial charge in [0.15, 0.2) is 0 Å². The van der Waals surface area contributed by atoms with E-state index in [9.17, 15) is 4.39 Å². The van der Waals surface area contributed by atoms with Gasteiger partial charge in [-0.3, -0.25) is 0 Å². The van der Waals surface area contributed by atoms with Crippen molar-refractivity contribution in [3.8, 4) is 11.4 Å². The second-order valence-electron chi connectivity index (χ2n) is 4.78. The van der Waals surface area contributed by atoms with Crippen LogP contribution >= 0.6 is 0 Å². The van der Waals surface area contributed by atoms with Crippen LogP contribution in [-0.2, 0) is 0 Å². The number of benzene rings is 1. The van der Waals surface area contributed by atoms with E-state index in [2.05, 4.69) is 22.4 Å². The fourth-order valence-electron chi connectivity index (χ4n) is 1.87. The Hall–Kier alpha value is -1.75. The minimum Gasteiger partial charge on any atom is -0.339 e. The Morgan fingerprint density at radius 2 is 2.05 bits per heavy atom. The predicted molar refractivity (Wildman–Crippen MR) is 71.4 cm³/mol. The summed E-state index contributed by atoms with van der Waals surface area (Å²) in [6, 6.07) is 4.77. The second-order valence-corrected chi connectivity index (χ2v) is 4.78. The van der Waals surface area contributed by atoms with Crippen molar-refractivity contribution in [2.24, 2.45) is 0 Å². The quantitative estimate of drug-likeness (QED) is 0.921. The van der Waals surface area contributed by atoms with Crippen LogP contribution in [0.25, 0.3) is 11.4 Å². The van der Waals surface area contributed by atoms with Crippen LogP contribution in [0.2, 0.25) is 0 Å². The van der Waals surface area contributed by atoms with E-state index in [1.54, 1.807) is 6.07 Å². The molecule has 0 bridgehead atoms. The molecule has 102 valence electrons. The van der Waals surface area contributed by atoms with Gasteiger partial charge < -0.3 is 9.84 Å². The van der Waals surface area contributed by atoms with Crippen LogP contribution in [0.3, 0.4) is 0 Å². The van der Waals surface area contributed by atoms with E-state index in [0.717, 1.165) is 11.1 Å². The van der Waals surface area contributed by atoms with Crippen molar-refractivity contribution < 1.29 is 8.91 Å². The zero-order valence-electron chi connectivity index (χ0n) is 11.6. The molecule has 19 heavy (non-hydrogen) atoms. The molecule has 1 aromatic carbocycles. The molecule has 1 N–H and O–H groups in total. The highest BCUT2D eigenvalue weighted by Crippen LogP contribution is 2.24. The van der Waals surface area contributed by atoms with Gasteiger partial charge in [0.05, 0.1) is 5.92 Å². The lowest BCUT2D eigenvalue weighted by Gasteiger charge is -2.14. The van der Waals surface area contributed by atoms with Crippen LogP contribution in [0.1, 0.15) is 31.2 Å². The summed E-state index contributed by atoms with van der Waals surface area (Å²) in [7, 11) is 1.89. The van der Waals surface area contributed by atoms with Gasteiger partial charge in [0.25, 0.3) is 0 Å². The van der Waals surface area contributed by atoms with Gasteiger partial charge in [-0.25, -0.2) is 4.39 Å². The Kier molecular flexibility index (Phi) is 3.95. The number of rotatable bonds is 4. The van der Waals surface area contributed by atoms with Crippen molar-refractivity contribution >= 4 is 0 Å². The fraction of sp³-hybridized carbons (Fsp3) is 0.429. The first kappa shape index (κ1) is 13.7. The average Bonchev–Trinajstić information content (AvgIpc) is 2.86. The standard InChI is InChI=1S/C14H18FN3O/c1-8-7-11(15)5-6-12(8)13-17-14(19-18-13)9(2)10(3)16-4/h5-7,9-10,16H,1-4H3. The molecule has 5 heteroatoms. The normalized spacial score (nSPS) is 14.4. The molecule has 2 unspecified atom stereocenters. The summed E-state index contributed by atoms with van der Waals surface area (Å²) in [4.78, 5) is 4.40. The van der Waals surface area contributed by atoms with Crippen molar-refractivity contribution in [3.05, 3.63) is 35.5 Å². The highest BCUT2D eigenvalue weighted by Gasteiger charge is 2.20. The van der Waals surface area contributed by atoms with Crippen molar-refractivity contribution in [1.82, 2.24) is 15.5 Å². The van der Waals surface area contributed by atoms with Crippen LogP contribution in [0, 0.1) is 12.7 Å². The molecular formula is C14H18FN3O. The number of hydrogen-bond acceptors (Lipinski definition) is 4. The molecule has 0 aliphatic carbocycles. The van der Waals surface area contributed by atoms with E-state index >= 15 is 0 Å². The first-order valence-corrected chi connectivity index (χ1v) is 6.30. The maximum atomic E-state index is 13.1. The topological polar surface area (TPSA) is 51.0 Å². The summed E-state index contributed by atoms with van der Waals surface area (Å²) < 4.78 is 18.4. The third kappa shape index (κ3) is 2.81. The lowest BCUT2D eigenvalue weighted by Crippen LogP contribution is -2.27.